The smallest absolute Gasteiger partial charge is 0.478 e. The van der Waals surface area contributed by atoms with Crippen LogP contribution in [0.5, 0.6) is 5.75 Å². The van der Waals surface area contributed by atoms with E-state index in [-0.39, 0.29) is 10.5 Å². The van der Waals surface area contributed by atoms with E-state index in [1.165, 1.54) is 12.1 Å². The van der Waals surface area contributed by atoms with Crippen molar-refractivity contribution >= 4 is 24.7 Å². The predicted octanol–water partition coefficient (Wildman–Crippen LogP) is 2.97. The quantitative estimate of drug-likeness (QED) is 0.651. The topological polar surface area (TPSA) is 46.5 Å². The maximum absolute atomic E-state index is 12.0. The molecular weight excluding hydrogens is 257 g/mol. The van der Waals surface area contributed by atoms with Gasteiger partial charge >= 0.3 is 12.3 Å². The molecular formula is C10H7F3O3S. The van der Waals surface area contributed by atoms with Crippen molar-refractivity contribution in [3.63, 3.8) is 0 Å². The van der Waals surface area contributed by atoms with Crippen LogP contribution in [0, 0.1) is 0 Å². The average Bonchev–Trinajstić information content (AvgIpc) is 2.17. The zero-order chi connectivity index (χ0) is 13.1. The van der Waals surface area contributed by atoms with Gasteiger partial charge in [0, 0.05) is 6.08 Å². The zero-order valence-corrected chi connectivity index (χ0v) is 9.13. The summed E-state index contributed by atoms with van der Waals surface area (Å²) in [7, 11) is 0. The molecule has 0 aliphatic rings. The maximum Gasteiger partial charge on any atom is 0.573 e. The van der Waals surface area contributed by atoms with Crippen LogP contribution in [0.1, 0.15) is 5.56 Å². The molecule has 0 spiro atoms. The highest BCUT2D eigenvalue weighted by molar-refractivity contribution is 7.80. The summed E-state index contributed by atoms with van der Waals surface area (Å²) < 4.78 is 39.7. The standard InChI is InChI=1S/C10H7F3O3S/c11-10(12,13)16-7-3-1-2-6(9(7)17)4-5-8(14)15/h1-5,17H,(H,14,15)/b5-4+. The first-order valence-corrected chi connectivity index (χ1v) is 4.73. The number of alkyl halides is 3. The summed E-state index contributed by atoms with van der Waals surface area (Å²) in [4.78, 5) is 10.2. The molecule has 0 aromatic heterocycles. The van der Waals surface area contributed by atoms with Crippen molar-refractivity contribution in [2.45, 2.75) is 11.3 Å². The van der Waals surface area contributed by atoms with Crippen molar-refractivity contribution in [1.29, 1.82) is 0 Å². The Labute approximate surface area is 99.9 Å². The average molecular weight is 264 g/mol. The Hall–Kier alpha value is -1.63. The molecule has 0 bridgehead atoms. The van der Waals surface area contributed by atoms with Crippen LogP contribution in [0.15, 0.2) is 29.2 Å². The highest BCUT2D eigenvalue weighted by Gasteiger charge is 2.32. The Morgan fingerprint density at radius 3 is 2.59 bits per heavy atom. The molecule has 17 heavy (non-hydrogen) atoms. The van der Waals surface area contributed by atoms with Crippen molar-refractivity contribution in [1.82, 2.24) is 0 Å². The van der Waals surface area contributed by atoms with Gasteiger partial charge in [0.15, 0.2) is 0 Å². The summed E-state index contributed by atoms with van der Waals surface area (Å²) in [6.07, 6.45) is -2.88. The second-order valence-electron chi connectivity index (χ2n) is 2.91. The molecule has 0 saturated heterocycles. The van der Waals surface area contributed by atoms with Crippen molar-refractivity contribution in [3.05, 3.63) is 29.8 Å². The Bertz CT molecular complexity index is 455. The summed E-state index contributed by atoms with van der Waals surface area (Å²) in [5, 5.41) is 8.40. The van der Waals surface area contributed by atoms with Crippen LogP contribution in [0.4, 0.5) is 13.2 Å². The van der Waals surface area contributed by atoms with E-state index < -0.39 is 18.1 Å². The van der Waals surface area contributed by atoms with E-state index >= 15 is 0 Å². The molecule has 0 radical (unpaired) electrons. The first-order valence-electron chi connectivity index (χ1n) is 4.28. The number of carboxylic acids is 1. The number of ether oxygens (including phenoxy) is 1. The third kappa shape index (κ3) is 4.39. The molecule has 3 nitrogen and oxygen atoms in total. The van der Waals surface area contributed by atoms with Gasteiger partial charge in [0.1, 0.15) is 5.75 Å². The molecule has 0 atom stereocenters. The van der Waals surface area contributed by atoms with Crippen molar-refractivity contribution in [2.75, 3.05) is 0 Å². The summed E-state index contributed by atoms with van der Waals surface area (Å²) in [5.41, 5.74) is 0.220. The molecule has 1 aromatic carbocycles. The molecule has 0 fully saturated rings. The molecule has 7 heteroatoms. The van der Waals surface area contributed by atoms with Crippen LogP contribution in [-0.4, -0.2) is 17.4 Å². The lowest BCUT2D eigenvalue weighted by molar-refractivity contribution is -0.275. The summed E-state index contributed by atoms with van der Waals surface area (Å²) in [6, 6.07) is 3.82. The fraction of sp³-hybridized carbons (Fsp3) is 0.100. The molecule has 0 unspecified atom stereocenters. The van der Waals surface area contributed by atoms with Gasteiger partial charge in [-0.3, -0.25) is 0 Å². The van der Waals surface area contributed by atoms with Gasteiger partial charge in [0.05, 0.1) is 4.90 Å². The molecule has 1 N–H and O–H groups in total. The number of thiol groups is 1. The second kappa shape index (κ2) is 5.13. The van der Waals surface area contributed by atoms with Gasteiger partial charge in [-0.15, -0.1) is 25.8 Å². The normalized spacial score (nSPS) is 11.8. The molecule has 0 amide bonds. The van der Waals surface area contributed by atoms with Crippen LogP contribution < -0.4 is 4.74 Å². The largest absolute Gasteiger partial charge is 0.573 e. The van der Waals surface area contributed by atoms with Gasteiger partial charge in [0.2, 0.25) is 0 Å². The number of carbonyl (C=O) groups is 1. The molecule has 0 aliphatic heterocycles. The van der Waals surface area contributed by atoms with E-state index in [0.717, 1.165) is 18.2 Å². The molecule has 0 aliphatic carbocycles. The lowest BCUT2D eigenvalue weighted by Crippen LogP contribution is -2.17. The fourth-order valence-electron chi connectivity index (χ4n) is 1.04. The van der Waals surface area contributed by atoms with E-state index in [2.05, 4.69) is 17.4 Å². The van der Waals surface area contributed by atoms with E-state index in [9.17, 15) is 18.0 Å². The van der Waals surface area contributed by atoms with Gasteiger partial charge in [-0.1, -0.05) is 12.1 Å². The van der Waals surface area contributed by atoms with Crippen molar-refractivity contribution < 1.29 is 27.8 Å². The second-order valence-corrected chi connectivity index (χ2v) is 3.36. The van der Waals surface area contributed by atoms with E-state index in [0.29, 0.717) is 0 Å². The molecule has 1 rings (SSSR count). The van der Waals surface area contributed by atoms with E-state index in [4.69, 9.17) is 5.11 Å². The van der Waals surface area contributed by atoms with Crippen molar-refractivity contribution in [2.24, 2.45) is 0 Å². The highest BCUT2D eigenvalue weighted by Crippen LogP contribution is 2.31. The number of hydrogen-bond donors (Lipinski definition) is 2. The lowest BCUT2D eigenvalue weighted by atomic mass is 10.2. The monoisotopic (exact) mass is 264 g/mol. The van der Waals surface area contributed by atoms with Crippen LogP contribution >= 0.6 is 12.6 Å². The van der Waals surface area contributed by atoms with E-state index in [1.54, 1.807) is 0 Å². The minimum atomic E-state index is -4.81. The highest BCUT2D eigenvalue weighted by atomic mass is 32.1. The van der Waals surface area contributed by atoms with Crippen LogP contribution in [-0.2, 0) is 4.79 Å². The summed E-state index contributed by atoms with van der Waals surface area (Å²) in [5.74, 6) is -1.69. The van der Waals surface area contributed by atoms with Gasteiger partial charge in [-0.2, -0.15) is 0 Å². The first-order chi connectivity index (χ1) is 7.79. The minimum absolute atomic E-state index is 0.0812. The maximum atomic E-state index is 12.0. The van der Waals surface area contributed by atoms with E-state index in [1.807, 2.05) is 0 Å². The lowest BCUT2D eigenvalue weighted by Gasteiger charge is -2.11. The van der Waals surface area contributed by atoms with Crippen LogP contribution in [0.2, 0.25) is 0 Å². The molecule has 1 aromatic rings. The molecule has 92 valence electrons. The minimum Gasteiger partial charge on any atom is -0.478 e. The number of rotatable bonds is 3. The van der Waals surface area contributed by atoms with Gasteiger partial charge < -0.3 is 9.84 Å². The van der Waals surface area contributed by atoms with Gasteiger partial charge in [-0.05, 0) is 17.7 Å². The molecule has 0 saturated carbocycles. The Morgan fingerprint density at radius 2 is 2.06 bits per heavy atom. The SMILES string of the molecule is O=C(O)/C=C/c1cccc(OC(F)(F)F)c1S. The molecule has 0 heterocycles. The predicted molar refractivity (Wildman–Crippen MR) is 57.0 cm³/mol. The Kier molecular flexibility index (Phi) is 4.06. The third-order valence-electron chi connectivity index (χ3n) is 1.66. The van der Waals surface area contributed by atoms with Gasteiger partial charge in [0.25, 0.3) is 0 Å². The third-order valence-corrected chi connectivity index (χ3v) is 2.14. The number of aliphatic carboxylic acids is 1. The fourth-order valence-corrected chi connectivity index (χ4v) is 1.31. The first kappa shape index (κ1) is 13.4. The Morgan fingerprint density at radius 1 is 1.41 bits per heavy atom. The number of halogens is 3. The van der Waals surface area contributed by atoms with Crippen LogP contribution in [0.25, 0.3) is 6.08 Å². The van der Waals surface area contributed by atoms with Gasteiger partial charge in [-0.25, -0.2) is 4.79 Å². The zero-order valence-electron chi connectivity index (χ0n) is 8.23. The van der Waals surface area contributed by atoms with Crippen LogP contribution in [0.3, 0.4) is 0 Å². The van der Waals surface area contributed by atoms with Crippen molar-refractivity contribution in [3.8, 4) is 5.75 Å². The number of carboxylic acid groups (broad SMARTS) is 1. The number of benzene rings is 1. The summed E-state index contributed by atoms with van der Waals surface area (Å²) in [6.45, 7) is 0. The Balaban J connectivity index is 3.03. The summed E-state index contributed by atoms with van der Waals surface area (Å²) >= 11 is 3.86. The number of hydrogen-bond acceptors (Lipinski definition) is 3.